The maximum Gasteiger partial charge on any atom is 0.380 e. The molecular weight excluding hydrogens is 482 g/mol. The van der Waals surface area contributed by atoms with Crippen LogP contribution < -0.4 is 0 Å². The molecule has 0 saturated carbocycles. The largest absolute Gasteiger partial charge is 0.380 e. The van der Waals surface area contributed by atoms with Gasteiger partial charge in [0.05, 0.1) is 0 Å². The first-order valence-electron chi connectivity index (χ1n) is 9.79. The minimum Gasteiger partial charge on any atom is -0.298 e. The normalized spacial score (nSPS) is 19.0. The monoisotopic (exact) mass is 496 g/mol. The van der Waals surface area contributed by atoms with Crippen LogP contribution in [0.1, 0.15) is 31.2 Å². The predicted molar refractivity (Wildman–Crippen MR) is 120 cm³/mol. The molecule has 0 saturated heterocycles. The molecule has 170 valence electrons. The summed E-state index contributed by atoms with van der Waals surface area (Å²) in [6.45, 7) is 2.89. The smallest absolute Gasteiger partial charge is 0.298 e. The number of alkyl halides is 6. The summed E-state index contributed by atoms with van der Waals surface area (Å²) < 4.78 is 91.8. The number of aldehydes is 1. The Bertz CT molecular complexity index is 1490. The Kier molecular flexibility index (Phi) is 4.65. The van der Waals surface area contributed by atoms with Gasteiger partial charge in [-0.2, -0.15) is 26.3 Å². The lowest BCUT2D eigenvalue weighted by Crippen LogP contribution is -2.48. The Hall–Kier alpha value is -2.65. The third kappa shape index (κ3) is 2.75. The van der Waals surface area contributed by atoms with E-state index < -0.39 is 28.9 Å². The second-order valence-electron chi connectivity index (χ2n) is 7.91. The summed E-state index contributed by atoms with van der Waals surface area (Å²) in [6.07, 6.45) is 0.562. The fourth-order valence-electron chi connectivity index (χ4n) is 4.49. The van der Waals surface area contributed by atoms with Crippen molar-refractivity contribution in [2.45, 2.75) is 31.6 Å². The first-order valence-corrected chi connectivity index (χ1v) is 11.4. The summed E-state index contributed by atoms with van der Waals surface area (Å²) in [6, 6.07) is 10.4. The van der Waals surface area contributed by atoms with Crippen molar-refractivity contribution in [3.8, 4) is 0 Å². The van der Waals surface area contributed by atoms with Crippen LogP contribution in [0.15, 0.2) is 42.5 Å². The van der Waals surface area contributed by atoms with Crippen LogP contribution in [-0.2, 0) is 0 Å². The summed E-state index contributed by atoms with van der Waals surface area (Å²) in [5, 5.41) is 0.349. The van der Waals surface area contributed by atoms with Gasteiger partial charge in [-0.1, -0.05) is 30.3 Å². The number of hydrogen-bond acceptors (Lipinski definition) is 3. The van der Waals surface area contributed by atoms with Crippen LogP contribution in [0.4, 0.5) is 26.3 Å². The van der Waals surface area contributed by atoms with Crippen LogP contribution in [0, 0.1) is 13.8 Å². The van der Waals surface area contributed by atoms with Gasteiger partial charge in [-0.05, 0) is 26.0 Å². The lowest BCUT2D eigenvalue weighted by atomic mass is 9.91. The summed E-state index contributed by atoms with van der Waals surface area (Å²) in [5.74, 6) is -15.9. The molecule has 2 aromatic carbocycles. The van der Waals surface area contributed by atoms with Gasteiger partial charge in [-0.25, -0.2) is 0 Å². The second-order valence-corrected chi connectivity index (χ2v) is 10.4. The van der Waals surface area contributed by atoms with Gasteiger partial charge < -0.3 is 0 Å². The van der Waals surface area contributed by atoms with Gasteiger partial charge >= 0.3 is 17.8 Å². The van der Waals surface area contributed by atoms with Crippen LogP contribution in [0.25, 0.3) is 31.3 Å². The number of thiophene rings is 2. The summed E-state index contributed by atoms with van der Waals surface area (Å²) in [4.78, 5) is 11.6. The number of fused-ring (bicyclic) bond motifs is 2. The van der Waals surface area contributed by atoms with Crippen LogP contribution in [0.2, 0.25) is 0 Å². The molecule has 1 aliphatic carbocycles. The van der Waals surface area contributed by atoms with E-state index in [1.54, 1.807) is 18.2 Å². The second kappa shape index (κ2) is 6.93. The van der Waals surface area contributed by atoms with Crippen molar-refractivity contribution in [1.82, 2.24) is 0 Å². The number of hydrogen-bond donors (Lipinski definition) is 0. The molecule has 0 N–H and O–H groups in total. The molecule has 4 aromatic rings. The minimum atomic E-state index is -5.62. The highest BCUT2D eigenvalue weighted by Crippen LogP contribution is 2.66. The van der Waals surface area contributed by atoms with Gasteiger partial charge in [0.2, 0.25) is 0 Å². The number of rotatable bonds is 3. The lowest BCUT2D eigenvalue weighted by molar-refractivity contribution is -0.254. The standard InChI is InChI=1S/C24H14F6OS2/c1-11-18(14-5-3-4-6-16(14)32-11)20-21(23(27,28)24(29,30)22(20,25)26)19-12(2)33-17-9-13(10-31)7-8-15(17)19/h3-10H,1-2H3. The highest BCUT2D eigenvalue weighted by Gasteiger charge is 2.80. The number of carbonyl (C=O) groups is 1. The van der Waals surface area contributed by atoms with E-state index in [1.807, 2.05) is 0 Å². The van der Waals surface area contributed by atoms with E-state index in [9.17, 15) is 13.6 Å². The molecule has 0 amide bonds. The van der Waals surface area contributed by atoms with E-state index in [1.165, 1.54) is 38.1 Å². The van der Waals surface area contributed by atoms with Crippen molar-refractivity contribution < 1.29 is 31.1 Å². The van der Waals surface area contributed by atoms with Crippen LogP contribution in [0.5, 0.6) is 0 Å². The maximum absolute atomic E-state index is 15.3. The van der Waals surface area contributed by atoms with Gasteiger partial charge in [0.25, 0.3) is 0 Å². The van der Waals surface area contributed by atoms with Crippen LogP contribution >= 0.6 is 22.7 Å². The first kappa shape index (κ1) is 22.2. The molecule has 2 aromatic heterocycles. The summed E-state index contributed by atoms with van der Waals surface area (Å²) >= 11 is 2.07. The Morgan fingerprint density at radius 3 is 1.82 bits per heavy atom. The zero-order chi connectivity index (χ0) is 23.9. The Balaban J connectivity index is 1.98. The minimum absolute atomic E-state index is 0.126. The molecule has 1 aliphatic rings. The average molecular weight is 496 g/mol. The number of benzene rings is 2. The molecular formula is C24H14F6OS2. The molecule has 9 heteroatoms. The highest BCUT2D eigenvalue weighted by molar-refractivity contribution is 7.19. The third-order valence-electron chi connectivity index (χ3n) is 5.96. The van der Waals surface area contributed by atoms with Crippen molar-refractivity contribution in [2.24, 2.45) is 0 Å². The topological polar surface area (TPSA) is 17.1 Å². The van der Waals surface area contributed by atoms with E-state index in [-0.39, 0.29) is 37.2 Å². The fraction of sp³-hybridized carbons (Fsp3) is 0.208. The van der Waals surface area contributed by atoms with Gasteiger partial charge in [-0.15, -0.1) is 22.7 Å². The Morgan fingerprint density at radius 2 is 1.24 bits per heavy atom. The van der Waals surface area contributed by atoms with Gasteiger partial charge in [0, 0.05) is 57.8 Å². The van der Waals surface area contributed by atoms with E-state index >= 15 is 17.6 Å². The average Bonchev–Trinajstić information content (AvgIpc) is 3.28. The molecule has 0 atom stereocenters. The van der Waals surface area contributed by atoms with Gasteiger partial charge in [0.15, 0.2) is 0 Å². The SMILES string of the molecule is Cc1sc2ccccc2c1C1=C(c2c(C)sc3cc(C=O)ccc23)C(F)(F)C(F)(F)C1(F)F. The molecule has 0 spiro atoms. The Morgan fingerprint density at radius 1 is 0.727 bits per heavy atom. The van der Waals surface area contributed by atoms with E-state index in [0.29, 0.717) is 15.7 Å². The van der Waals surface area contributed by atoms with E-state index in [0.717, 1.165) is 22.7 Å². The van der Waals surface area contributed by atoms with Crippen LogP contribution in [0.3, 0.4) is 0 Å². The summed E-state index contributed by atoms with van der Waals surface area (Å²) in [5.41, 5.74) is -3.05. The highest BCUT2D eigenvalue weighted by atomic mass is 32.1. The molecule has 0 fully saturated rings. The number of carbonyl (C=O) groups excluding carboxylic acids is 1. The van der Waals surface area contributed by atoms with Crippen molar-refractivity contribution in [1.29, 1.82) is 0 Å². The quantitative estimate of drug-likeness (QED) is 0.206. The van der Waals surface area contributed by atoms with Gasteiger partial charge in [-0.3, -0.25) is 4.79 Å². The lowest BCUT2D eigenvalue weighted by Gasteiger charge is -2.26. The number of aryl methyl sites for hydroxylation is 2. The van der Waals surface area contributed by atoms with E-state index in [2.05, 4.69) is 0 Å². The number of allylic oxidation sites excluding steroid dienone is 2. The van der Waals surface area contributed by atoms with Crippen molar-refractivity contribution >= 4 is 60.3 Å². The van der Waals surface area contributed by atoms with Crippen LogP contribution in [-0.4, -0.2) is 24.1 Å². The number of halogens is 6. The zero-order valence-corrected chi connectivity index (χ0v) is 18.7. The molecule has 2 heterocycles. The molecule has 33 heavy (non-hydrogen) atoms. The molecule has 0 bridgehead atoms. The third-order valence-corrected chi connectivity index (χ3v) is 8.12. The fourth-order valence-corrected chi connectivity index (χ4v) is 6.68. The molecule has 1 nitrogen and oxygen atoms in total. The van der Waals surface area contributed by atoms with Crippen molar-refractivity contribution in [2.75, 3.05) is 0 Å². The zero-order valence-electron chi connectivity index (χ0n) is 17.1. The maximum atomic E-state index is 15.3. The summed E-state index contributed by atoms with van der Waals surface area (Å²) in [7, 11) is 0. The molecule has 0 unspecified atom stereocenters. The molecule has 0 aliphatic heterocycles. The molecule has 5 rings (SSSR count). The van der Waals surface area contributed by atoms with E-state index in [4.69, 9.17) is 0 Å². The van der Waals surface area contributed by atoms with Crippen molar-refractivity contribution in [3.05, 3.63) is 68.9 Å². The predicted octanol–water partition coefficient (Wildman–Crippen LogP) is 8.38. The van der Waals surface area contributed by atoms with Crippen molar-refractivity contribution in [3.63, 3.8) is 0 Å². The first-order chi connectivity index (χ1) is 15.4. The molecule has 0 radical (unpaired) electrons. The van der Waals surface area contributed by atoms with Gasteiger partial charge in [0.1, 0.15) is 6.29 Å². The Labute approximate surface area is 192 Å².